The van der Waals surface area contributed by atoms with Gasteiger partial charge in [-0.25, -0.2) is 0 Å². The number of nitrogens with zero attached hydrogens (tertiary/aromatic N) is 1. The van der Waals surface area contributed by atoms with Crippen LogP contribution in [0.5, 0.6) is 0 Å². The summed E-state index contributed by atoms with van der Waals surface area (Å²) in [6.45, 7) is 26.2. The number of likely N-dealkylation sites (N-methyl/N-ethyl adjacent to an activating group) is 1. The lowest BCUT2D eigenvalue weighted by Gasteiger charge is -2.51. The van der Waals surface area contributed by atoms with E-state index in [9.17, 15) is 4.79 Å². The molecule has 37 heavy (non-hydrogen) atoms. The van der Waals surface area contributed by atoms with Crippen LogP contribution in [0.3, 0.4) is 0 Å². The van der Waals surface area contributed by atoms with Crippen molar-refractivity contribution in [2.75, 3.05) is 20.7 Å². The predicted molar refractivity (Wildman–Crippen MR) is 146 cm³/mol. The predicted octanol–water partition coefficient (Wildman–Crippen LogP) is 4.81. The van der Waals surface area contributed by atoms with E-state index in [0.717, 1.165) is 0 Å². The highest BCUT2D eigenvalue weighted by Gasteiger charge is 2.56. The van der Waals surface area contributed by atoms with E-state index in [0.29, 0.717) is 6.61 Å². The van der Waals surface area contributed by atoms with E-state index in [1.54, 1.807) is 19.0 Å². The Morgan fingerprint density at radius 3 is 2.03 bits per heavy atom. The van der Waals surface area contributed by atoms with Crippen molar-refractivity contribution in [2.45, 2.75) is 136 Å². The van der Waals surface area contributed by atoms with E-state index in [1.165, 1.54) is 0 Å². The second-order valence-corrected chi connectivity index (χ2v) is 18.9. The Hall–Kier alpha value is -0.553. The van der Waals surface area contributed by atoms with Crippen LogP contribution in [-0.2, 0) is 32.9 Å². The zero-order chi connectivity index (χ0) is 28.3. The summed E-state index contributed by atoms with van der Waals surface area (Å²) < 4.78 is 38.3. The molecule has 0 spiro atoms. The molecule has 3 aliphatic rings. The average Bonchev–Trinajstić information content (AvgIpc) is 3.46. The Balaban J connectivity index is 1.89. The molecule has 0 saturated carbocycles. The summed E-state index contributed by atoms with van der Waals surface area (Å²) in [7, 11) is 1.40. The van der Waals surface area contributed by atoms with Crippen molar-refractivity contribution in [2.24, 2.45) is 17.8 Å². The summed E-state index contributed by atoms with van der Waals surface area (Å²) in [5.74, 6) is -1.31. The normalized spacial score (nSPS) is 36.1. The van der Waals surface area contributed by atoms with E-state index in [1.807, 2.05) is 27.7 Å². The van der Waals surface area contributed by atoms with Gasteiger partial charge in [-0.15, -0.1) is 0 Å². The number of ether oxygens (including phenoxy) is 5. The first kappa shape index (κ1) is 31.0. The third kappa shape index (κ3) is 6.79. The summed E-state index contributed by atoms with van der Waals surface area (Å²) in [5.41, 5.74) is 0. The molecule has 9 atom stereocenters. The van der Waals surface area contributed by atoms with E-state index < -0.39 is 26.0 Å². The molecule has 3 saturated heterocycles. The minimum atomic E-state index is -2.15. The van der Waals surface area contributed by atoms with Gasteiger partial charge in [-0.1, -0.05) is 41.5 Å². The second-order valence-electron chi connectivity index (χ2n) is 14.1. The summed E-state index contributed by atoms with van der Waals surface area (Å²) in [6.07, 6.45) is -1.22. The molecule has 0 unspecified atom stereocenters. The van der Waals surface area contributed by atoms with Gasteiger partial charge in [0.1, 0.15) is 6.10 Å². The largest absolute Gasteiger partial charge is 0.413 e. The van der Waals surface area contributed by atoms with E-state index in [2.05, 4.69) is 54.6 Å². The van der Waals surface area contributed by atoms with Crippen LogP contribution in [0.15, 0.2) is 0 Å². The molecule has 0 radical (unpaired) electrons. The van der Waals surface area contributed by atoms with Crippen molar-refractivity contribution in [3.05, 3.63) is 0 Å². The van der Waals surface area contributed by atoms with Crippen LogP contribution in [0.25, 0.3) is 0 Å². The van der Waals surface area contributed by atoms with Gasteiger partial charge < -0.3 is 33.0 Å². The summed E-state index contributed by atoms with van der Waals surface area (Å²) in [5, 5.41) is 0.0402. The molecule has 3 heterocycles. The molecule has 0 N–H and O–H groups in total. The zero-order valence-electron chi connectivity index (χ0n) is 25.7. The van der Waals surface area contributed by atoms with E-state index in [-0.39, 0.29) is 59.2 Å². The molecule has 0 bridgehead atoms. The van der Waals surface area contributed by atoms with Crippen molar-refractivity contribution in [1.82, 2.24) is 4.90 Å². The lowest BCUT2D eigenvalue weighted by Crippen LogP contribution is -2.59. The number of epoxide rings is 1. The molecular formula is C28H53NO7Si. The van der Waals surface area contributed by atoms with Gasteiger partial charge in [-0.2, -0.15) is 0 Å². The van der Waals surface area contributed by atoms with Crippen LogP contribution in [0.4, 0.5) is 0 Å². The highest BCUT2D eigenvalue weighted by molar-refractivity contribution is 6.74. The van der Waals surface area contributed by atoms with Gasteiger partial charge >= 0.3 is 0 Å². The first-order valence-electron chi connectivity index (χ1n) is 13.9. The lowest BCUT2D eigenvalue weighted by atomic mass is 9.79. The Morgan fingerprint density at radius 1 is 0.973 bits per heavy atom. The zero-order valence-corrected chi connectivity index (χ0v) is 26.7. The highest BCUT2D eigenvalue weighted by Crippen LogP contribution is 2.46. The van der Waals surface area contributed by atoms with Gasteiger partial charge in [-0.05, 0) is 45.8 Å². The lowest BCUT2D eigenvalue weighted by molar-refractivity contribution is -0.345. The summed E-state index contributed by atoms with van der Waals surface area (Å²) in [6, 6.07) is 0. The molecular weight excluding hydrogens is 490 g/mol. The summed E-state index contributed by atoms with van der Waals surface area (Å²) in [4.78, 5) is 14.2. The van der Waals surface area contributed by atoms with Crippen LogP contribution in [0.1, 0.15) is 69.2 Å². The van der Waals surface area contributed by atoms with Crippen molar-refractivity contribution < 1.29 is 32.9 Å². The number of carbonyl (C=O) groups is 1. The number of amides is 1. The second kappa shape index (κ2) is 10.4. The quantitative estimate of drug-likeness (QED) is 0.321. The average molecular weight is 544 g/mol. The van der Waals surface area contributed by atoms with Crippen LogP contribution in [0.2, 0.25) is 18.1 Å². The van der Waals surface area contributed by atoms with Crippen LogP contribution in [-0.4, -0.2) is 88.0 Å². The van der Waals surface area contributed by atoms with Crippen molar-refractivity contribution >= 4 is 14.2 Å². The Morgan fingerprint density at radius 2 is 1.54 bits per heavy atom. The molecule has 0 aliphatic carbocycles. The topological polar surface area (TPSA) is 79.0 Å². The maximum Gasteiger partial charge on any atom is 0.253 e. The number of hydrogen-bond donors (Lipinski definition) is 0. The van der Waals surface area contributed by atoms with Gasteiger partial charge in [-0.3, -0.25) is 4.79 Å². The van der Waals surface area contributed by atoms with Crippen molar-refractivity contribution in [3.63, 3.8) is 0 Å². The highest BCUT2D eigenvalue weighted by atomic mass is 28.4. The molecule has 3 fully saturated rings. The molecule has 0 aromatic rings. The minimum Gasteiger partial charge on any atom is -0.413 e. The first-order valence-corrected chi connectivity index (χ1v) is 16.8. The monoisotopic (exact) mass is 543 g/mol. The third-order valence-corrected chi connectivity index (χ3v) is 13.3. The van der Waals surface area contributed by atoms with Gasteiger partial charge in [0.05, 0.1) is 31.0 Å². The molecule has 3 rings (SSSR count). The third-order valence-electron chi connectivity index (χ3n) is 8.79. The maximum absolute atomic E-state index is 12.6. The molecule has 3 aliphatic heterocycles. The fraction of sp³-hybridized carbons (Fsp3) is 0.964. The number of carbonyl (C=O) groups excluding carboxylic acids is 1. The maximum atomic E-state index is 12.6. The molecule has 1 amide bonds. The van der Waals surface area contributed by atoms with Crippen LogP contribution >= 0.6 is 0 Å². The Bertz CT molecular complexity index is 824. The molecule has 216 valence electrons. The van der Waals surface area contributed by atoms with Crippen molar-refractivity contribution in [1.29, 1.82) is 0 Å². The summed E-state index contributed by atoms with van der Waals surface area (Å²) >= 11 is 0. The van der Waals surface area contributed by atoms with Gasteiger partial charge in [0.2, 0.25) is 0 Å². The first-order chi connectivity index (χ1) is 16.7. The molecule has 9 heteroatoms. The minimum absolute atomic E-state index is 0.00783. The molecule has 8 nitrogen and oxygen atoms in total. The van der Waals surface area contributed by atoms with Gasteiger partial charge in [0.25, 0.3) is 5.91 Å². The Kier molecular flexibility index (Phi) is 8.75. The van der Waals surface area contributed by atoms with E-state index >= 15 is 0 Å². The number of rotatable bonds is 8. The smallest absolute Gasteiger partial charge is 0.253 e. The van der Waals surface area contributed by atoms with Crippen LogP contribution in [0, 0.1) is 17.8 Å². The fourth-order valence-corrected chi connectivity index (χ4v) is 6.99. The van der Waals surface area contributed by atoms with Crippen molar-refractivity contribution in [3.8, 4) is 0 Å². The molecule has 0 aromatic carbocycles. The fourth-order valence-electron chi connectivity index (χ4n) is 5.52. The van der Waals surface area contributed by atoms with Crippen LogP contribution < -0.4 is 0 Å². The number of hydrogen-bond acceptors (Lipinski definition) is 7. The molecule has 0 aromatic heterocycles. The van der Waals surface area contributed by atoms with E-state index in [4.69, 9.17) is 28.1 Å². The SMILES string of the molecule is C[C@H]([C@@H](O[Si](C)(C)C(C)(C)C)[C@@H](C)[C@@H]1O[C@H]1C(=O)N(C)C)[C@H]1OC(C)(C)O[C@H]([C@H]2COC(C)(C)O2)[C@H]1C. The Labute approximate surface area is 226 Å². The van der Waals surface area contributed by atoms with Gasteiger partial charge in [0, 0.05) is 31.8 Å². The standard InChI is InChI=1S/C28H53NO7Si/c1-16(20-17(2)22(35-28(9,10)34-20)19-15-31-27(7,8)33-19)21(36-37(13,14)26(4,5)6)18(3)23-24(32-23)25(30)29(11)12/h16-24H,15H2,1-14H3/t16-,17-,18+,19+,20+,21+,22-,23-,24+/m0/s1. The van der Waals surface area contributed by atoms with Gasteiger partial charge in [0.15, 0.2) is 26.0 Å².